The third kappa shape index (κ3) is 4.09. The standard InChI is InChI=1S/C29H29N5O4/c35-26-22-8-4-5-9-23(22)29(38,34(26)18-19-6-2-1-3-7-19)21-10-11-24-25(16-21)32-27(31-24)33(28(36)37)17-20-12-14-30-15-13-20/h1-11,16,20,30,38H,12-15,17-18H2,(H,31,32)(H,36,37). The Balaban J connectivity index is 1.39. The van der Waals surface area contributed by atoms with Gasteiger partial charge in [0.2, 0.25) is 5.95 Å². The highest BCUT2D eigenvalue weighted by molar-refractivity contribution is 6.00. The number of hydrogen-bond acceptors (Lipinski definition) is 5. The highest BCUT2D eigenvalue weighted by atomic mass is 16.4. The number of fused-ring (bicyclic) bond motifs is 2. The Hall–Kier alpha value is -4.21. The van der Waals surface area contributed by atoms with Crippen LogP contribution in [0.5, 0.6) is 0 Å². The number of H-pyrrole nitrogens is 1. The Morgan fingerprint density at radius 3 is 2.55 bits per heavy atom. The number of piperidine rings is 1. The molecule has 2 aliphatic heterocycles. The van der Waals surface area contributed by atoms with Crippen molar-refractivity contribution in [3.05, 3.63) is 95.1 Å². The monoisotopic (exact) mass is 511 g/mol. The summed E-state index contributed by atoms with van der Waals surface area (Å²) in [4.78, 5) is 36.1. The molecule has 1 unspecified atom stereocenters. The number of nitrogens with one attached hydrogen (secondary N) is 2. The zero-order valence-corrected chi connectivity index (χ0v) is 20.8. The molecule has 2 amide bonds. The summed E-state index contributed by atoms with van der Waals surface area (Å²) in [6.45, 7) is 2.33. The van der Waals surface area contributed by atoms with Crippen LogP contribution < -0.4 is 10.2 Å². The van der Waals surface area contributed by atoms with Crippen LogP contribution in [0.2, 0.25) is 0 Å². The van der Waals surface area contributed by atoms with E-state index in [0.29, 0.717) is 34.3 Å². The van der Waals surface area contributed by atoms with Crippen LogP contribution in [-0.4, -0.2) is 56.7 Å². The molecule has 1 aromatic heterocycles. The lowest BCUT2D eigenvalue weighted by molar-refractivity contribution is -0.0542. The van der Waals surface area contributed by atoms with Crippen molar-refractivity contribution in [2.45, 2.75) is 25.1 Å². The van der Waals surface area contributed by atoms with E-state index in [1.54, 1.807) is 42.5 Å². The minimum atomic E-state index is -1.71. The van der Waals surface area contributed by atoms with Crippen molar-refractivity contribution in [2.75, 3.05) is 24.5 Å². The summed E-state index contributed by atoms with van der Waals surface area (Å²) in [7, 11) is 0. The average Bonchev–Trinajstić information content (AvgIpc) is 3.46. The number of imidazole rings is 1. The van der Waals surface area contributed by atoms with E-state index in [2.05, 4.69) is 15.3 Å². The molecular weight excluding hydrogens is 482 g/mol. The number of benzene rings is 3. The van der Waals surface area contributed by atoms with Crippen molar-refractivity contribution < 1.29 is 19.8 Å². The van der Waals surface area contributed by atoms with Crippen molar-refractivity contribution in [1.82, 2.24) is 20.2 Å². The van der Waals surface area contributed by atoms with Gasteiger partial charge in [0.25, 0.3) is 5.91 Å². The number of aromatic amines is 1. The van der Waals surface area contributed by atoms with Gasteiger partial charge in [0.05, 0.1) is 11.0 Å². The fraction of sp³-hybridized carbons (Fsp3) is 0.276. The number of hydrogen-bond donors (Lipinski definition) is 4. The maximum absolute atomic E-state index is 13.5. The lowest BCUT2D eigenvalue weighted by atomic mass is 9.93. The van der Waals surface area contributed by atoms with Gasteiger partial charge in [-0.25, -0.2) is 14.7 Å². The predicted molar refractivity (Wildman–Crippen MR) is 143 cm³/mol. The van der Waals surface area contributed by atoms with Crippen LogP contribution >= 0.6 is 0 Å². The molecule has 0 spiro atoms. The highest BCUT2D eigenvalue weighted by Crippen LogP contribution is 2.43. The van der Waals surface area contributed by atoms with Crippen LogP contribution in [0.4, 0.5) is 10.7 Å². The lowest BCUT2D eigenvalue weighted by Gasteiger charge is -2.35. The molecule has 6 rings (SSSR count). The van der Waals surface area contributed by atoms with Gasteiger partial charge in [-0.05, 0) is 55.6 Å². The molecule has 3 aromatic carbocycles. The molecule has 38 heavy (non-hydrogen) atoms. The highest BCUT2D eigenvalue weighted by Gasteiger charge is 2.49. The lowest BCUT2D eigenvalue weighted by Crippen LogP contribution is -2.44. The van der Waals surface area contributed by atoms with Crippen LogP contribution in [0.25, 0.3) is 11.0 Å². The van der Waals surface area contributed by atoms with Gasteiger partial charge in [0.15, 0.2) is 5.72 Å². The molecule has 3 heterocycles. The molecule has 2 aliphatic rings. The molecule has 4 N–H and O–H groups in total. The number of carbonyl (C=O) groups excluding carboxylic acids is 1. The predicted octanol–water partition coefficient (Wildman–Crippen LogP) is 3.90. The Morgan fingerprint density at radius 1 is 1.05 bits per heavy atom. The summed E-state index contributed by atoms with van der Waals surface area (Å²) >= 11 is 0. The van der Waals surface area contributed by atoms with Gasteiger partial charge in [-0.1, -0.05) is 54.6 Å². The van der Waals surface area contributed by atoms with Crippen molar-refractivity contribution >= 4 is 29.0 Å². The molecular formula is C29H29N5O4. The summed E-state index contributed by atoms with van der Waals surface area (Å²) < 4.78 is 0. The number of amides is 2. The number of aromatic nitrogens is 2. The van der Waals surface area contributed by atoms with Gasteiger partial charge in [0.1, 0.15) is 0 Å². The molecule has 9 nitrogen and oxygen atoms in total. The van der Waals surface area contributed by atoms with Crippen LogP contribution in [0.3, 0.4) is 0 Å². The van der Waals surface area contributed by atoms with E-state index in [1.807, 2.05) is 30.3 Å². The summed E-state index contributed by atoms with van der Waals surface area (Å²) in [5.74, 6) is 0.248. The van der Waals surface area contributed by atoms with Crippen LogP contribution in [-0.2, 0) is 12.3 Å². The maximum Gasteiger partial charge on any atom is 0.414 e. The normalized spacial score (nSPS) is 19.6. The summed E-state index contributed by atoms with van der Waals surface area (Å²) in [5.41, 5.74) is 1.79. The van der Waals surface area contributed by atoms with E-state index in [1.165, 1.54) is 9.80 Å². The second-order valence-electron chi connectivity index (χ2n) is 9.97. The van der Waals surface area contributed by atoms with Gasteiger partial charge in [-0.3, -0.25) is 9.69 Å². The van der Waals surface area contributed by atoms with Crippen molar-refractivity contribution in [3.63, 3.8) is 0 Å². The smallest absolute Gasteiger partial charge is 0.414 e. The molecule has 1 saturated heterocycles. The molecule has 0 bridgehead atoms. The number of carbonyl (C=O) groups is 2. The number of anilines is 1. The topological polar surface area (TPSA) is 122 Å². The molecule has 0 saturated carbocycles. The van der Waals surface area contributed by atoms with E-state index < -0.39 is 11.8 Å². The Morgan fingerprint density at radius 2 is 1.79 bits per heavy atom. The molecule has 0 aliphatic carbocycles. The van der Waals surface area contributed by atoms with Crippen LogP contribution in [0.1, 0.15) is 39.9 Å². The molecule has 4 aromatic rings. The van der Waals surface area contributed by atoms with Gasteiger partial charge in [-0.15, -0.1) is 0 Å². The first-order valence-corrected chi connectivity index (χ1v) is 12.8. The van der Waals surface area contributed by atoms with Gasteiger partial charge in [-0.2, -0.15) is 0 Å². The number of carboxylic acid groups (broad SMARTS) is 1. The third-order valence-corrected chi connectivity index (χ3v) is 7.61. The summed E-state index contributed by atoms with van der Waals surface area (Å²) in [6, 6.07) is 21.9. The van der Waals surface area contributed by atoms with Crippen molar-refractivity contribution in [2.24, 2.45) is 5.92 Å². The van der Waals surface area contributed by atoms with Crippen LogP contribution in [0.15, 0.2) is 72.8 Å². The molecule has 1 atom stereocenters. The second-order valence-corrected chi connectivity index (χ2v) is 9.97. The van der Waals surface area contributed by atoms with Crippen molar-refractivity contribution in [3.8, 4) is 0 Å². The summed E-state index contributed by atoms with van der Waals surface area (Å²) in [5, 5.41) is 25.5. The minimum Gasteiger partial charge on any atom is -0.465 e. The first-order valence-electron chi connectivity index (χ1n) is 12.8. The number of rotatable bonds is 6. The fourth-order valence-electron chi connectivity index (χ4n) is 5.59. The van der Waals surface area contributed by atoms with E-state index in [4.69, 9.17) is 0 Å². The fourth-order valence-corrected chi connectivity index (χ4v) is 5.59. The zero-order chi connectivity index (χ0) is 26.3. The Labute approximate surface area is 219 Å². The molecule has 9 heteroatoms. The minimum absolute atomic E-state index is 0.220. The van der Waals surface area contributed by atoms with Gasteiger partial charge < -0.3 is 20.5 Å². The quantitative estimate of drug-likeness (QED) is 0.312. The van der Waals surface area contributed by atoms with Gasteiger partial charge >= 0.3 is 6.09 Å². The van der Waals surface area contributed by atoms with E-state index >= 15 is 0 Å². The SMILES string of the molecule is O=C(O)N(CC1CCNCC1)c1nc2cc(C3(O)c4ccccc4C(=O)N3Cc3ccccc3)ccc2[nH]1. The maximum atomic E-state index is 13.5. The Bertz CT molecular complexity index is 1500. The Kier molecular flexibility index (Phi) is 6.09. The van der Waals surface area contributed by atoms with E-state index in [0.717, 1.165) is 31.5 Å². The number of nitrogens with zero attached hydrogens (tertiary/aromatic N) is 3. The van der Waals surface area contributed by atoms with E-state index in [-0.39, 0.29) is 24.3 Å². The van der Waals surface area contributed by atoms with Gasteiger partial charge in [0, 0.05) is 29.8 Å². The molecule has 1 fully saturated rings. The first kappa shape index (κ1) is 24.1. The van der Waals surface area contributed by atoms with Crippen molar-refractivity contribution in [1.29, 1.82) is 0 Å². The third-order valence-electron chi connectivity index (χ3n) is 7.61. The zero-order valence-electron chi connectivity index (χ0n) is 20.8. The first-order chi connectivity index (χ1) is 18.4. The average molecular weight is 512 g/mol. The number of aliphatic hydroxyl groups is 1. The molecule has 0 radical (unpaired) electrons. The molecule has 194 valence electrons. The largest absolute Gasteiger partial charge is 0.465 e. The summed E-state index contributed by atoms with van der Waals surface area (Å²) in [6.07, 6.45) is 0.753. The second kappa shape index (κ2) is 9.59. The van der Waals surface area contributed by atoms with E-state index in [9.17, 15) is 19.8 Å². The van der Waals surface area contributed by atoms with Crippen LogP contribution in [0, 0.1) is 5.92 Å².